The molecule has 1 aromatic rings. The first-order valence-electron chi connectivity index (χ1n) is 8.95. The third-order valence-corrected chi connectivity index (χ3v) is 5.69. The zero-order chi connectivity index (χ0) is 15.1. The van der Waals surface area contributed by atoms with Crippen LogP contribution in [0.1, 0.15) is 77.2 Å². The first-order valence-corrected chi connectivity index (χ1v) is 8.95. The Morgan fingerprint density at radius 2 is 1.81 bits per heavy atom. The number of hydrogen-bond acceptors (Lipinski definition) is 1. The summed E-state index contributed by atoms with van der Waals surface area (Å²) in [4.78, 5) is 0. The van der Waals surface area contributed by atoms with Crippen molar-refractivity contribution in [2.45, 2.75) is 78.1 Å². The molecule has 1 N–H and O–H groups in total. The minimum atomic E-state index is 0.476. The zero-order valence-electron chi connectivity index (χ0n) is 13.9. The van der Waals surface area contributed by atoms with Crippen molar-refractivity contribution < 1.29 is 5.11 Å². The Bertz CT molecular complexity index is 418. The lowest BCUT2D eigenvalue weighted by atomic mass is 9.62. The van der Waals surface area contributed by atoms with Gasteiger partial charge in [-0.25, -0.2) is 0 Å². The number of phenolic OH excluding ortho intramolecular Hbond substituents is 1. The predicted molar refractivity (Wildman–Crippen MR) is 90.6 cm³/mol. The van der Waals surface area contributed by atoms with Gasteiger partial charge in [0.25, 0.3) is 0 Å². The minimum absolute atomic E-state index is 0.476. The third-order valence-electron chi connectivity index (χ3n) is 5.69. The summed E-state index contributed by atoms with van der Waals surface area (Å²) in [7, 11) is 0. The molecule has 2 rings (SSSR count). The van der Waals surface area contributed by atoms with Gasteiger partial charge < -0.3 is 5.11 Å². The van der Waals surface area contributed by atoms with E-state index in [2.05, 4.69) is 19.9 Å². The first-order chi connectivity index (χ1) is 10.2. The highest BCUT2D eigenvalue weighted by molar-refractivity contribution is 5.32. The van der Waals surface area contributed by atoms with Crippen LogP contribution in [-0.2, 0) is 6.42 Å². The Balaban J connectivity index is 2.06. The molecule has 1 nitrogen and oxygen atoms in total. The fraction of sp³-hybridized carbons (Fsp3) is 0.700. The second kappa shape index (κ2) is 7.87. The van der Waals surface area contributed by atoms with Crippen LogP contribution in [0.5, 0.6) is 5.75 Å². The number of hydrogen-bond donors (Lipinski definition) is 1. The van der Waals surface area contributed by atoms with Crippen molar-refractivity contribution in [3.05, 3.63) is 29.8 Å². The highest BCUT2D eigenvalue weighted by Crippen LogP contribution is 2.48. The molecule has 0 spiro atoms. The molecule has 1 unspecified atom stereocenters. The van der Waals surface area contributed by atoms with Crippen molar-refractivity contribution >= 4 is 0 Å². The summed E-state index contributed by atoms with van der Waals surface area (Å²) in [5.74, 6) is 1.15. The molecule has 0 radical (unpaired) electrons. The maximum absolute atomic E-state index is 10.1. The molecule has 1 saturated carbocycles. The summed E-state index contributed by atoms with van der Waals surface area (Å²) < 4.78 is 0. The van der Waals surface area contributed by atoms with E-state index in [0.717, 1.165) is 12.0 Å². The fourth-order valence-corrected chi connectivity index (χ4v) is 4.20. The monoisotopic (exact) mass is 288 g/mol. The Hall–Kier alpha value is -0.980. The average Bonchev–Trinajstić information content (AvgIpc) is 2.51. The Morgan fingerprint density at radius 1 is 1.10 bits per heavy atom. The van der Waals surface area contributed by atoms with Gasteiger partial charge >= 0.3 is 0 Å². The van der Waals surface area contributed by atoms with Gasteiger partial charge in [-0.1, -0.05) is 70.6 Å². The normalized spacial score (nSPS) is 19.3. The van der Waals surface area contributed by atoms with E-state index in [-0.39, 0.29) is 0 Å². The molecule has 1 aliphatic rings. The largest absolute Gasteiger partial charge is 0.508 e. The summed E-state index contributed by atoms with van der Waals surface area (Å²) in [5, 5.41) is 10.1. The fourth-order valence-electron chi connectivity index (χ4n) is 4.20. The zero-order valence-corrected chi connectivity index (χ0v) is 13.9. The number of rotatable bonds is 7. The van der Waals surface area contributed by atoms with Crippen molar-refractivity contribution in [1.82, 2.24) is 0 Å². The summed E-state index contributed by atoms with van der Waals surface area (Å²) in [5.41, 5.74) is 1.65. The van der Waals surface area contributed by atoms with Crippen LogP contribution in [0.4, 0.5) is 0 Å². The quantitative estimate of drug-likeness (QED) is 0.601. The summed E-state index contributed by atoms with van der Waals surface area (Å²) in [6, 6.07) is 7.88. The Kier molecular flexibility index (Phi) is 6.14. The summed E-state index contributed by atoms with van der Waals surface area (Å²) >= 11 is 0. The number of para-hydroxylation sites is 1. The van der Waals surface area contributed by atoms with E-state index in [0.29, 0.717) is 17.1 Å². The molecule has 0 amide bonds. The second-order valence-electron chi connectivity index (χ2n) is 7.11. The average molecular weight is 288 g/mol. The molecule has 1 heteroatoms. The Labute approximate surface area is 130 Å². The van der Waals surface area contributed by atoms with Crippen molar-refractivity contribution in [2.75, 3.05) is 0 Å². The van der Waals surface area contributed by atoms with Gasteiger partial charge in [-0.3, -0.25) is 0 Å². The molecule has 1 atom stereocenters. The number of unbranched alkanes of at least 4 members (excludes halogenated alkanes) is 2. The molecule has 0 aromatic heterocycles. The number of aromatic hydroxyl groups is 1. The van der Waals surface area contributed by atoms with Gasteiger partial charge in [0, 0.05) is 0 Å². The maximum Gasteiger partial charge on any atom is 0.118 e. The van der Waals surface area contributed by atoms with E-state index in [9.17, 15) is 5.11 Å². The standard InChI is InChI=1S/C20H32O/c1-3-4-8-13-20(14-9-5-10-15-20)17(2)16-18-11-6-7-12-19(18)21/h6-7,11-12,17,21H,3-5,8-10,13-16H2,1-2H3. The van der Waals surface area contributed by atoms with Gasteiger partial charge in [0.2, 0.25) is 0 Å². The van der Waals surface area contributed by atoms with Gasteiger partial charge in [-0.05, 0) is 48.6 Å². The summed E-state index contributed by atoms with van der Waals surface area (Å²) in [6.07, 6.45) is 13.5. The molecule has 1 aliphatic carbocycles. The van der Waals surface area contributed by atoms with Gasteiger partial charge in [-0.2, -0.15) is 0 Å². The lowest BCUT2D eigenvalue weighted by Crippen LogP contribution is -2.32. The molecule has 0 bridgehead atoms. The molecular formula is C20H32O. The Morgan fingerprint density at radius 3 is 2.48 bits per heavy atom. The molecule has 0 saturated heterocycles. The van der Waals surface area contributed by atoms with E-state index in [4.69, 9.17) is 0 Å². The molecule has 1 aromatic carbocycles. The lowest BCUT2D eigenvalue weighted by Gasteiger charge is -2.43. The van der Waals surface area contributed by atoms with Crippen molar-refractivity contribution in [1.29, 1.82) is 0 Å². The van der Waals surface area contributed by atoms with Crippen LogP contribution in [0.25, 0.3) is 0 Å². The SMILES string of the molecule is CCCCCC1(C(C)Cc2ccccc2O)CCCCC1. The molecular weight excluding hydrogens is 256 g/mol. The first kappa shape index (κ1) is 16.4. The molecule has 118 valence electrons. The van der Waals surface area contributed by atoms with Crippen LogP contribution in [0.15, 0.2) is 24.3 Å². The van der Waals surface area contributed by atoms with Crippen LogP contribution in [0.3, 0.4) is 0 Å². The lowest BCUT2D eigenvalue weighted by molar-refractivity contribution is 0.0901. The van der Waals surface area contributed by atoms with Gasteiger partial charge in [0.1, 0.15) is 5.75 Å². The van der Waals surface area contributed by atoms with E-state index in [1.807, 2.05) is 18.2 Å². The maximum atomic E-state index is 10.1. The van der Waals surface area contributed by atoms with E-state index >= 15 is 0 Å². The molecule has 0 heterocycles. The molecule has 21 heavy (non-hydrogen) atoms. The minimum Gasteiger partial charge on any atom is -0.508 e. The molecule has 0 aliphatic heterocycles. The molecule has 1 fully saturated rings. The van der Waals surface area contributed by atoms with Crippen molar-refractivity contribution in [3.8, 4) is 5.75 Å². The van der Waals surface area contributed by atoms with Gasteiger partial charge in [0.05, 0.1) is 0 Å². The van der Waals surface area contributed by atoms with E-state index in [1.165, 1.54) is 57.8 Å². The van der Waals surface area contributed by atoms with Crippen LogP contribution in [0.2, 0.25) is 0 Å². The van der Waals surface area contributed by atoms with Crippen LogP contribution >= 0.6 is 0 Å². The van der Waals surface area contributed by atoms with Crippen molar-refractivity contribution in [2.24, 2.45) is 11.3 Å². The number of phenols is 1. The van der Waals surface area contributed by atoms with Crippen LogP contribution in [-0.4, -0.2) is 5.11 Å². The highest BCUT2D eigenvalue weighted by Gasteiger charge is 2.36. The van der Waals surface area contributed by atoms with E-state index < -0.39 is 0 Å². The van der Waals surface area contributed by atoms with E-state index in [1.54, 1.807) is 0 Å². The number of benzene rings is 1. The topological polar surface area (TPSA) is 20.2 Å². The summed E-state index contributed by atoms with van der Waals surface area (Å²) in [6.45, 7) is 4.71. The predicted octanol–water partition coefficient (Wildman–Crippen LogP) is 6.10. The smallest absolute Gasteiger partial charge is 0.118 e. The van der Waals surface area contributed by atoms with Crippen LogP contribution < -0.4 is 0 Å². The second-order valence-corrected chi connectivity index (χ2v) is 7.11. The van der Waals surface area contributed by atoms with Gasteiger partial charge in [-0.15, -0.1) is 0 Å². The van der Waals surface area contributed by atoms with Gasteiger partial charge in [0.15, 0.2) is 0 Å². The van der Waals surface area contributed by atoms with Crippen molar-refractivity contribution in [3.63, 3.8) is 0 Å². The van der Waals surface area contributed by atoms with Crippen LogP contribution in [0, 0.1) is 11.3 Å². The highest BCUT2D eigenvalue weighted by atomic mass is 16.3. The third kappa shape index (κ3) is 4.25.